The second-order valence-corrected chi connectivity index (χ2v) is 5.73. The Bertz CT molecular complexity index is 735. The number of rotatable bonds is 4. The largest absolute Gasteiger partial charge is 0.488 e. The number of hydrogen-bond acceptors (Lipinski definition) is 3. The van der Waals surface area contributed by atoms with Crippen LogP contribution in [0.3, 0.4) is 0 Å². The Hall–Kier alpha value is -2.07. The molecule has 2 aromatic rings. The number of hydrogen-bond donors (Lipinski definition) is 1. The minimum Gasteiger partial charge on any atom is -0.488 e. The predicted molar refractivity (Wildman–Crippen MR) is 86.3 cm³/mol. The van der Waals surface area contributed by atoms with Gasteiger partial charge in [0.15, 0.2) is 0 Å². The first-order valence-corrected chi connectivity index (χ1v) is 7.24. The monoisotopic (exact) mass is 393 g/mol. The van der Waals surface area contributed by atoms with E-state index in [0.717, 1.165) is 14.7 Å². The Morgan fingerprint density at radius 1 is 1.33 bits per heavy atom. The summed E-state index contributed by atoms with van der Waals surface area (Å²) < 4.78 is 6.47. The van der Waals surface area contributed by atoms with Crippen molar-refractivity contribution in [2.45, 2.75) is 13.5 Å². The van der Waals surface area contributed by atoms with Crippen LogP contribution in [0.1, 0.15) is 27.0 Å². The number of nitriles is 1. The SMILES string of the molecule is Cc1cc(C#N)ccc1COc1ccc(I)cc1C(=O)O. The summed E-state index contributed by atoms with van der Waals surface area (Å²) in [5, 5.41) is 18.0. The van der Waals surface area contributed by atoms with Gasteiger partial charge >= 0.3 is 5.97 Å². The zero-order chi connectivity index (χ0) is 15.4. The highest BCUT2D eigenvalue weighted by Crippen LogP contribution is 2.23. The zero-order valence-corrected chi connectivity index (χ0v) is 13.4. The van der Waals surface area contributed by atoms with Crippen LogP contribution in [0.15, 0.2) is 36.4 Å². The lowest BCUT2D eigenvalue weighted by atomic mass is 10.1. The number of benzene rings is 2. The number of aromatic carboxylic acids is 1. The van der Waals surface area contributed by atoms with E-state index in [1.807, 2.05) is 13.0 Å². The van der Waals surface area contributed by atoms with E-state index in [2.05, 4.69) is 28.7 Å². The van der Waals surface area contributed by atoms with E-state index in [-0.39, 0.29) is 12.2 Å². The second kappa shape index (κ2) is 6.59. The molecular weight excluding hydrogens is 381 g/mol. The Labute approximate surface area is 136 Å². The van der Waals surface area contributed by atoms with Gasteiger partial charge in [-0.25, -0.2) is 4.79 Å². The molecule has 1 N–H and O–H groups in total. The molecule has 5 heteroatoms. The van der Waals surface area contributed by atoms with E-state index >= 15 is 0 Å². The molecule has 0 bridgehead atoms. The number of carbonyl (C=O) groups is 1. The molecule has 0 spiro atoms. The van der Waals surface area contributed by atoms with Crippen molar-refractivity contribution in [1.29, 1.82) is 5.26 Å². The Morgan fingerprint density at radius 3 is 2.71 bits per heavy atom. The zero-order valence-electron chi connectivity index (χ0n) is 11.3. The van der Waals surface area contributed by atoms with Crippen molar-refractivity contribution in [3.63, 3.8) is 0 Å². The van der Waals surface area contributed by atoms with Gasteiger partial charge in [0.1, 0.15) is 17.9 Å². The molecule has 2 aromatic carbocycles. The molecule has 0 heterocycles. The van der Waals surface area contributed by atoms with Gasteiger partial charge in [0.2, 0.25) is 0 Å². The Morgan fingerprint density at radius 2 is 2.10 bits per heavy atom. The van der Waals surface area contributed by atoms with Crippen LogP contribution in [-0.4, -0.2) is 11.1 Å². The molecule has 0 fully saturated rings. The molecule has 0 atom stereocenters. The molecule has 4 nitrogen and oxygen atoms in total. The van der Waals surface area contributed by atoms with Crippen LogP contribution < -0.4 is 4.74 Å². The fourth-order valence-electron chi connectivity index (χ4n) is 1.88. The highest BCUT2D eigenvalue weighted by Gasteiger charge is 2.12. The topological polar surface area (TPSA) is 70.3 Å². The molecule has 0 saturated carbocycles. The maximum absolute atomic E-state index is 11.2. The first-order valence-electron chi connectivity index (χ1n) is 6.16. The van der Waals surface area contributed by atoms with Gasteiger partial charge in [-0.15, -0.1) is 0 Å². The van der Waals surface area contributed by atoms with Crippen molar-refractivity contribution < 1.29 is 14.6 Å². The number of carboxylic acids is 1. The Kier molecular flexibility index (Phi) is 4.81. The van der Waals surface area contributed by atoms with Gasteiger partial charge in [0, 0.05) is 3.57 Å². The van der Waals surface area contributed by atoms with Gasteiger partial charge in [0.05, 0.1) is 11.6 Å². The average Bonchev–Trinajstić information content (AvgIpc) is 2.46. The van der Waals surface area contributed by atoms with Crippen molar-refractivity contribution in [1.82, 2.24) is 0 Å². The van der Waals surface area contributed by atoms with E-state index < -0.39 is 5.97 Å². The summed E-state index contributed by atoms with van der Waals surface area (Å²) in [4.78, 5) is 11.2. The van der Waals surface area contributed by atoms with Crippen LogP contribution >= 0.6 is 22.6 Å². The molecule has 0 aliphatic carbocycles. The third kappa shape index (κ3) is 3.73. The molecule has 0 unspecified atom stereocenters. The summed E-state index contributed by atoms with van der Waals surface area (Å²) in [7, 11) is 0. The smallest absolute Gasteiger partial charge is 0.339 e. The number of nitrogens with zero attached hydrogens (tertiary/aromatic N) is 1. The number of carboxylic acid groups (broad SMARTS) is 1. The molecule has 0 aliphatic rings. The minimum absolute atomic E-state index is 0.146. The highest BCUT2D eigenvalue weighted by molar-refractivity contribution is 14.1. The van der Waals surface area contributed by atoms with Gasteiger partial charge in [-0.1, -0.05) is 6.07 Å². The van der Waals surface area contributed by atoms with Crippen LogP contribution in [0.5, 0.6) is 5.75 Å². The van der Waals surface area contributed by atoms with Gasteiger partial charge < -0.3 is 9.84 Å². The Balaban J connectivity index is 2.21. The van der Waals surface area contributed by atoms with E-state index in [9.17, 15) is 9.90 Å². The van der Waals surface area contributed by atoms with Crippen LogP contribution in [0.4, 0.5) is 0 Å². The van der Waals surface area contributed by atoms with Crippen molar-refractivity contribution in [2.75, 3.05) is 0 Å². The molecule has 0 aliphatic heterocycles. The summed E-state index contributed by atoms with van der Waals surface area (Å²) in [6, 6.07) is 12.4. The van der Waals surface area contributed by atoms with E-state index in [1.54, 1.807) is 30.3 Å². The van der Waals surface area contributed by atoms with E-state index in [0.29, 0.717) is 11.3 Å². The van der Waals surface area contributed by atoms with Gasteiger partial charge in [-0.05, 0) is 71.0 Å². The standard InChI is InChI=1S/C16H12INO3/c1-10-6-11(8-18)2-3-12(10)9-21-15-5-4-13(17)7-14(15)16(19)20/h2-7H,9H2,1H3,(H,19,20). The lowest BCUT2D eigenvalue weighted by Gasteiger charge is -2.11. The normalized spacial score (nSPS) is 9.95. The average molecular weight is 393 g/mol. The van der Waals surface area contributed by atoms with Crippen LogP contribution in [0.2, 0.25) is 0 Å². The first-order chi connectivity index (χ1) is 10.0. The summed E-state index contributed by atoms with van der Waals surface area (Å²) in [5.41, 5.74) is 2.60. The molecule has 21 heavy (non-hydrogen) atoms. The summed E-state index contributed by atoms with van der Waals surface area (Å²) in [5.74, 6) is -0.674. The maximum atomic E-state index is 11.2. The molecule has 0 radical (unpaired) electrons. The van der Waals surface area contributed by atoms with Crippen LogP contribution in [0, 0.1) is 21.8 Å². The maximum Gasteiger partial charge on any atom is 0.339 e. The van der Waals surface area contributed by atoms with E-state index in [1.165, 1.54) is 0 Å². The summed E-state index contributed by atoms with van der Waals surface area (Å²) in [6.07, 6.45) is 0. The molecule has 106 valence electrons. The third-order valence-corrected chi connectivity index (χ3v) is 3.70. The van der Waals surface area contributed by atoms with Crippen molar-refractivity contribution >= 4 is 28.6 Å². The lowest BCUT2D eigenvalue weighted by molar-refractivity contribution is 0.0691. The van der Waals surface area contributed by atoms with Gasteiger partial charge in [0.25, 0.3) is 0 Å². The van der Waals surface area contributed by atoms with Crippen LogP contribution in [-0.2, 0) is 6.61 Å². The van der Waals surface area contributed by atoms with Crippen molar-refractivity contribution in [3.8, 4) is 11.8 Å². The van der Waals surface area contributed by atoms with Crippen molar-refractivity contribution in [2.24, 2.45) is 0 Å². The molecule has 2 rings (SSSR count). The van der Waals surface area contributed by atoms with Crippen LogP contribution in [0.25, 0.3) is 0 Å². The number of ether oxygens (including phenoxy) is 1. The number of aryl methyl sites for hydroxylation is 1. The van der Waals surface area contributed by atoms with Gasteiger partial charge in [-0.2, -0.15) is 5.26 Å². The van der Waals surface area contributed by atoms with E-state index in [4.69, 9.17) is 10.00 Å². The third-order valence-electron chi connectivity index (χ3n) is 3.03. The van der Waals surface area contributed by atoms with Gasteiger partial charge in [-0.3, -0.25) is 0 Å². The lowest BCUT2D eigenvalue weighted by Crippen LogP contribution is -2.04. The fourth-order valence-corrected chi connectivity index (χ4v) is 2.37. The molecular formula is C16H12INO3. The summed E-state index contributed by atoms with van der Waals surface area (Å²) >= 11 is 2.06. The predicted octanol–water partition coefficient (Wildman–Crippen LogP) is 3.75. The first kappa shape index (κ1) is 15.3. The minimum atomic E-state index is -1.01. The second-order valence-electron chi connectivity index (χ2n) is 4.49. The molecule has 0 saturated heterocycles. The number of halogens is 1. The summed E-state index contributed by atoms with van der Waals surface area (Å²) in [6.45, 7) is 2.16. The quantitative estimate of drug-likeness (QED) is 0.804. The fraction of sp³-hybridized carbons (Fsp3) is 0.125. The molecule has 0 aromatic heterocycles. The van der Waals surface area contributed by atoms with Crippen molar-refractivity contribution in [3.05, 3.63) is 62.2 Å². The molecule has 0 amide bonds. The highest BCUT2D eigenvalue weighted by atomic mass is 127.